The van der Waals surface area contributed by atoms with Crippen LogP contribution >= 0.6 is 12.3 Å². The topological polar surface area (TPSA) is 177 Å². The highest BCUT2D eigenvalue weighted by atomic mass is 32.2. The first-order valence-electron chi connectivity index (χ1n) is 7.44. The van der Waals surface area contributed by atoms with Crippen molar-refractivity contribution in [1.29, 1.82) is 0 Å². The van der Waals surface area contributed by atoms with Gasteiger partial charge in [-0.1, -0.05) is 5.04 Å². The van der Waals surface area contributed by atoms with Gasteiger partial charge in [-0.3, -0.25) is 4.18 Å². The van der Waals surface area contributed by atoms with Gasteiger partial charge in [0.25, 0.3) is 0 Å². The quantitative estimate of drug-likeness (QED) is 0.123. The van der Waals surface area contributed by atoms with Gasteiger partial charge in [-0.2, -0.15) is 0 Å². The zero-order chi connectivity index (χ0) is 18.7. The molecule has 5 unspecified atom stereocenters. The molecule has 0 saturated carbocycles. The van der Waals surface area contributed by atoms with Gasteiger partial charge in [-0.05, 0) is 13.8 Å². The van der Waals surface area contributed by atoms with E-state index in [-0.39, 0.29) is 12.3 Å². The Labute approximate surface area is 147 Å². The molecule has 0 spiro atoms. The van der Waals surface area contributed by atoms with Crippen LogP contribution in [0.5, 0.6) is 0 Å². The van der Waals surface area contributed by atoms with Gasteiger partial charge < -0.3 is 39.7 Å². The van der Waals surface area contributed by atoms with Crippen LogP contribution in [0.2, 0.25) is 0 Å². The van der Waals surface area contributed by atoms with Gasteiger partial charge in [0.1, 0.15) is 36.6 Å². The van der Waals surface area contributed by atoms with Crippen molar-refractivity contribution in [2.45, 2.75) is 75.3 Å². The van der Waals surface area contributed by atoms with Crippen molar-refractivity contribution in [2.24, 2.45) is 0 Å². The molecule has 148 valence electrons. The molecule has 2 rings (SSSR count). The lowest BCUT2D eigenvalue weighted by Gasteiger charge is -2.45. The molecule has 2 aliphatic rings. The summed E-state index contributed by atoms with van der Waals surface area (Å²) >= 11 is 0.214. The van der Waals surface area contributed by atoms with Crippen molar-refractivity contribution >= 4 is 12.3 Å². The van der Waals surface area contributed by atoms with Gasteiger partial charge in [-0.25, -0.2) is 5.26 Å². The van der Waals surface area contributed by atoms with Crippen molar-refractivity contribution in [3.8, 4) is 0 Å². The van der Waals surface area contributed by atoms with E-state index in [1.54, 1.807) is 0 Å². The Morgan fingerprint density at radius 3 is 2.12 bits per heavy atom. The lowest BCUT2D eigenvalue weighted by Crippen LogP contribution is -2.63. The van der Waals surface area contributed by atoms with Gasteiger partial charge in [0.2, 0.25) is 0 Å². The fraction of sp³-hybridized carbons (Fsp3) is 1.00. The number of aliphatic hydroxyl groups is 5. The van der Waals surface area contributed by atoms with E-state index in [2.05, 4.69) is 9.37 Å². The minimum Gasteiger partial charge on any atom is -0.388 e. The Morgan fingerprint density at radius 2 is 1.48 bits per heavy atom. The van der Waals surface area contributed by atoms with E-state index in [1.165, 1.54) is 13.8 Å². The second-order valence-corrected chi connectivity index (χ2v) is 6.24. The predicted molar refractivity (Wildman–Crippen MR) is 77.1 cm³/mol. The lowest BCUT2D eigenvalue weighted by molar-refractivity contribution is -0.435. The van der Waals surface area contributed by atoms with E-state index < -0.39 is 61.4 Å². The van der Waals surface area contributed by atoms with Crippen LogP contribution in [0.4, 0.5) is 0 Å². The molecule has 2 aliphatic heterocycles. The Balaban J connectivity index is 2.00. The molecule has 0 amide bonds. The predicted octanol–water partition coefficient (Wildman–Crippen LogP) is -2.33. The van der Waals surface area contributed by atoms with Crippen molar-refractivity contribution in [3.05, 3.63) is 0 Å². The second-order valence-electron chi connectivity index (χ2n) is 5.78. The van der Waals surface area contributed by atoms with Crippen molar-refractivity contribution in [2.75, 3.05) is 0 Å². The normalized spacial score (nSPS) is 48.5. The number of hydrogen-bond donors (Lipinski definition) is 6. The molecule has 25 heavy (non-hydrogen) atoms. The molecule has 0 bridgehead atoms. The third-order valence-electron chi connectivity index (χ3n) is 4.08. The van der Waals surface area contributed by atoms with Crippen LogP contribution in [0.3, 0.4) is 0 Å². The SMILES string of the molecule is CC1OC(O)C(O)[C@@H](O[C@@H]2OC(C)[C@H](OSOOO)[C@H](O)C2O)[C@H]1O. The van der Waals surface area contributed by atoms with Crippen LogP contribution in [0.15, 0.2) is 0 Å². The first-order valence-corrected chi connectivity index (χ1v) is 8.11. The monoisotopic (exact) mass is 390 g/mol. The lowest BCUT2D eigenvalue weighted by atomic mass is 9.97. The Morgan fingerprint density at radius 1 is 0.800 bits per heavy atom. The fourth-order valence-electron chi connectivity index (χ4n) is 2.65. The van der Waals surface area contributed by atoms with E-state index in [1.807, 2.05) is 0 Å². The summed E-state index contributed by atoms with van der Waals surface area (Å²) in [7, 11) is 0. The maximum absolute atomic E-state index is 10.1. The number of hydrogen-bond acceptors (Lipinski definition) is 13. The average Bonchev–Trinajstić information content (AvgIpc) is 2.57. The average molecular weight is 390 g/mol. The summed E-state index contributed by atoms with van der Waals surface area (Å²) in [6, 6.07) is 0. The molecular formula is C12H22O12S. The van der Waals surface area contributed by atoms with Crippen LogP contribution in [-0.2, 0) is 27.8 Å². The highest BCUT2D eigenvalue weighted by Crippen LogP contribution is 2.30. The van der Waals surface area contributed by atoms with Crippen LogP contribution in [-0.4, -0.2) is 92.2 Å². The minimum absolute atomic E-state index is 0.214. The summed E-state index contributed by atoms with van der Waals surface area (Å²) in [6.45, 7) is 2.97. The zero-order valence-electron chi connectivity index (χ0n) is 13.3. The summed E-state index contributed by atoms with van der Waals surface area (Å²) in [6.07, 6.45) is -13.0. The third-order valence-corrected chi connectivity index (χ3v) is 4.49. The van der Waals surface area contributed by atoms with Gasteiger partial charge in [-0.15, -0.1) is 4.33 Å². The largest absolute Gasteiger partial charge is 0.388 e. The van der Waals surface area contributed by atoms with E-state index in [9.17, 15) is 25.5 Å². The molecule has 0 aliphatic carbocycles. The molecule has 0 radical (unpaired) electrons. The number of ether oxygens (including phenoxy) is 3. The third kappa shape index (κ3) is 4.78. The Hall–Kier alpha value is -0.130. The molecule has 6 N–H and O–H groups in total. The first kappa shape index (κ1) is 21.2. The summed E-state index contributed by atoms with van der Waals surface area (Å²) in [5.74, 6) is 0. The fourth-order valence-corrected chi connectivity index (χ4v) is 3.07. The van der Waals surface area contributed by atoms with E-state index in [0.29, 0.717) is 0 Å². The Bertz CT molecular complexity index is 402. The Kier molecular flexibility index (Phi) is 7.78. The second kappa shape index (κ2) is 9.18. The van der Waals surface area contributed by atoms with Crippen LogP contribution in [0, 0.1) is 0 Å². The molecule has 12 nitrogen and oxygen atoms in total. The van der Waals surface area contributed by atoms with Gasteiger partial charge >= 0.3 is 0 Å². The minimum atomic E-state index is -1.61. The van der Waals surface area contributed by atoms with E-state index in [4.69, 9.17) is 23.7 Å². The molecule has 2 saturated heterocycles. The maximum Gasteiger partial charge on any atom is 0.198 e. The summed E-state index contributed by atoms with van der Waals surface area (Å²) < 4.78 is 24.8. The van der Waals surface area contributed by atoms with Crippen LogP contribution < -0.4 is 0 Å². The van der Waals surface area contributed by atoms with Gasteiger partial charge in [0.15, 0.2) is 24.9 Å². The van der Waals surface area contributed by atoms with Gasteiger partial charge in [0, 0.05) is 0 Å². The highest BCUT2D eigenvalue weighted by Gasteiger charge is 2.49. The molecular weight excluding hydrogens is 368 g/mol. The van der Waals surface area contributed by atoms with E-state index in [0.717, 1.165) is 0 Å². The molecule has 2 fully saturated rings. The number of aliphatic hydroxyl groups excluding tert-OH is 5. The maximum atomic E-state index is 10.1. The van der Waals surface area contributed by atoms with E-state index >= 15 is 0 Å². The summed E-state index contributed by atoms with van der Waals surface area (Å²) in [5.41, 5.74) is 0. The van der Waals surface area contributed by atoms with Crippen molar-refractivity contribution < 1.29 is 58.6 Å². The summed E-state index contributed by atoms with van der Waals surface area (Å²) in [5, 5.41) is 61.3. The summed E-state index contributed by atoms with van der Waals surface area (Å²) in [4.78, 5) is 0. The molecule has 0 aromatic rings. The van der Waals surface area contributed by atoms with Crippen LogP contribution in [0.1, 0.15) is 13.8 Å². The van der Waals surface area contributed by atoms with Crippen molar-refractivity contribution in [3.63, 3.8) is 0 Å². The number of rotatable bonds is 6. The molecule has 0 aromatic carbocycles. The smallest absolute Gasteiger partial charge is 0.198 e. The molecule has 13 heteroatoms. The molecule has 0 aromatic heterocycles. The van der Waals surface area contributed by atoms with Gasteiger partial charge in [0.05, 0.1) is 12.2 Å². The van der Waals surface area contributed by atoms with Crippen LogP contribution in [0.25, 0.3) is 0 Å². The highest BCUT2D eigenvalue weighted by molar-refractivity contribution is 7.89. The standard InChI is InChI=1S/C12H22O12S/c1-3-5(13)10(8(16)11(17)19-3)21-12-7(15)6(14)9(4(2)20-12)22-25-24-23-18/h3-18H,1-2H3/t3?,4?,5-,6+,7?,8?,9-,10-,11?,12-/m0/s1. The molecule has 2 heterocycles. The molecule has 10 atom stereocenters. The zero-order valence-corrected chi connectivity index (χ0v) is 14.1. The van der Waals surface area contributed by atoms with Crippen molar-refractivity contribution in [1.82, 2.24) is 0 Å². The first-order chi connectivity index (χ1) is 11.8.